The second-order valence-electron chi connectivity index (χ2n) is 2.46. The highest BCUT2D eigenvalue weighted by atomic mass is 16.6. The van der Waals surface area contributed by atoms with Crippen LogP contribution in [0.2, 0.25) is 0 Å². The molecule has 0 aliphatic carbocycles. The third-order valence-corrected chi connectivity index (χ3v) is 1.65. The largest absolute Gasteiger partial charge is 0.506 e. The lowest BCUT2D eigenvalue weighted by atomic mass is 10.2. The van der Waals surface area contributed by atoms with Crippen molar-refractivity contribution in [3.05, 3.63) is 27.6 Å². The smallest absolute Gasteiger partial charge is 0.297 e. The number of pyridine rings is 1. The van der Waals surface area contributed by atoms with E-state index in [0.29, 0.717) is 5.69 Å². The summed E-state index contributed by atoms with van der Waals surface area (Å²) in [4.78, 5) is 13.6. The van der Waals surface area contributed by atoms with Crippen molar-refractivity contribution in [3.63, 3.8) is 0 Å². The van der Waals surface area contributed by atoms with Gasteiger partial charge in [0.25, 0.3) is 5.69 Å². The van der Waals surface area contributed by atoms with Crippen LogP contribution in [0, 0.1) is 24.0 Å². The summed E-state index contributed by atoms with van der Waals surface area (Å²) < 4.78 is 0. The Morgan fingerprint density at radius 2 is 2.17 bits per heavy atom. The summed E-state index contributed by atoms with van der Waals surface area (Å²) >= 11 is 0. The second-order valence-corrected chi connectivity index (χ2v) is 2.46. The number of nitrogens with zero attached hydrogens (tertiary/aromatic N) is 2. The first-order chi connectivity index (χ1) is 5.54. The van der Waals surface area contributed by atoms with Crippen LogP contribution in [0.1, 0.15) is 11.3 Å². The summed E-state index contributed by atoms with van der Waals surface area (Å²) in [5, 5.41) is 19.6. The molecule has 1 heterocycles. The van der Waals surface area contributed by atoms with Crippen molar-refractivity contribution in [3.8, 4) is 5.75 Å². The topological polar surface area (TPSA) is 76.3 Å². The average molecular weight is 168 g/mol. The first-order valence-corrected chi connectivity index (χ1v) is 3.33. The molecule has 0 radical (unpaired) electrons. The number of aromatic hydroxyl groups is 1. The van der Waals surface area contributed by atoms with E-state index in [1.807, 2.05) is 0 Å². The molecule has 0 amide bonds. The summed E-state index contributed by atoms with van der Waals surface area (Å²) in [7, 11) is 0. The number of hydrogen-bond donors (Lipinski definition) is 1. The predicted molar refractivity (Wildman–Crippen MR) is 42.0 cm³/mol. The third-order valence-electron chi connectivity index (χ3n) is 1.65. The molecule has 0 aromatic carbocycles. The van der Waals surface area contributed by atoms with Crippen LogP contribution < -0.4 is 0 Å². The van der Waals surface area contributed by atoms with Gasteiger partial charge in [-0.15, -0.1) is 0 Å². The molecule has 0 unspecified atom stereocenters. The van der Waals surface area contributed by atoms with Crippen molar-refractivity contribution < 1.29 is 10.0 Å². The first kappa shape index (κ1) is 8.45. The molecule has 12 heavy (non-hydrogen) atoms. The van der Waals surface area contributed by atoms with Gasteiger partial charge in [0.15, 0.2) is 0 Å². The molecule has 5 nitrogen and oxygen atoms in total. The van der Waals surface area contributed by atoms with E-state index in [-0.39, 0.29) is 17.0 Å². The highest BCUT2D eigenvalue weighted by Gasteiger charge is 2.17. The Morgan fingerprint density at radius 3 is 2.58 bits per heavy atom. The number of aromatic nitrogens is 1. The first-order valence-electron chi connectivity index (χ1n) is 3.33. The Bertz CT molecular complexity index is 336. The lowest BCUT2D eigenvalue weighted by molar-refractivity contribution is -0.386. The van der Waals surface area contributed by atoms with Crippen LogP contribution in [0.25, 0.3) is 0 Å². The van der Waals surface area contributed by atoms with Crippen LogP contribution in [0.5, 0.6) is 5.75 Å². The molecule has 0 spiro atoms. The van der Waals surface area contributed by atoms with Gasteiger partial charge >= 0.3 is 0 Å². The van der Waals surface area contributed by atoms with Gasteiger partial charge in [0.2, 0.25) is 0 Å². The summed E-state index contributed by atoms with van der Waals surface area (Å²) in [5.74, 6) is -0.146. The maximum Gasteiger partial charge on any atom is 0.297 e. The minimum Gasteiger partial charge on any atom is -0.506 e. The zero-order valence-corrected chi connectivity index (χ0v) is 6.74. The maximum atomic E-state index is 10.4. The second kappa shape index (κ2) is 2.77. The van der Waals surface area contributed by atoms with Crippen molar-refractivity contribution in [2.24, 2.45) is 0 Å². The average Bonchev–Trinajstić information content (AvgIpc) is 1.97. The van der Waals surface area contributed by atoms with E-state index in [4.69, 9.17) is 5.11 Å². The third kappa shape index (κ3) is 1.20. The Balaban J connectivity index is 3.43. The SMILES string of the molecule is Cc1ncc(O)c(C)c1[N+](=O)[O-]. The Hall–Kier alpha value is -1.65. The Labute approximate surface area is 68.8 Å². The van der Waals surface area contributed by atoms with E-state index >= 15 is 0 Å². The van der Waals surface area contributed by atoms with Crippen LogP contribution in [0.3, 0.4) is 0 Å². The quantitative estimate of drug-likeness (QED) is 0.506. The predicted octanol–water partition coefficient (Wildman–Crippen LogP) is 1.31. The van der Waals surface area contributed by atoms with Gasteiger partial charge in [0.1, 0.15) is 11.4 Å². The highest BCUT2D eigenvalue weighted by molar-refractivity contribution is 5.49. The van der Waals surface area contributed by atoms with E-state index in [0.717, 1.165) is 0 Å². The summed E-state index contributed by atoms with van der Waals surface area (Å²) in [6.45, 7) is 3.02. The fourth-order valence-corrected chi connectivity index (χ4v) is 0.978. The number of rotatable bonds is 1. The zero-order chi connectivity index (χ0) is 9.30. The molecule has 1 aromatic rings. The van der Waals surface area contributed by atoms with Gasteiger partial charge in [0, 0.05) is 0 Å². The molecule has 5 heteroatoms. The molecule has 1 aromatic heterocycles. The molecule has 0 aliphatic rings. The van der Waals surface area contributed by atoms with Gasteiger partial charge in [-0.2, -0.15) is 0 Å². The van der Waals surface area contributed by atoms with Crippen LogP contribution in [-0.2, 0) is 0 Å². The molecule has 0 atom stereocenters. The van der Waals surface area contributed by atoms with Gasteiger partial charge < -0.3 is 5.11 Å². The highest BCUT2D eigenvalue weighted by Crippen LogP contribution is 2.27. The standard InChI is InChI=1S/C7H8N2O3/c1-4-6(10)3-8-5(2)7(4)9(11)12/h3,10H,1-2H3. The fraction of sp³-hybridized carbons (Fsp3) is 0.286. The molecular formula is C7H8N2O3. The Morgan fingerprint density at radius 1 is 1.58 bits per heavy atom. The minimum absolute atomic E-state index is 0.116. The molecule has 1 rings (SSSR count). The van der Waals surface area contributed by atoms with Crippen LogP contribution in [-0.4, -0.2) is 15.0 Å². The Kier molecular flexibility index (Phi) is 1.95. The molecule has 0 aliphatic heterocycles. The van der Waals surface area contributed by atoms with Crippen molar-refractivity contribution >= 4 is 5.69 Å². The van der Waals surface area contributed by atoms with Crippen molar-refractivity contribution in [1.82, 2.24) is 4.98 Å². The van der Waals surface area contributed by atoms with Crippen LogP contribution in [0.4, 0.5) is 5.69 Å². The number of aryl methyl sites for hydroxylation is 1. The summed E-state index contributed by atoms with van der Waals surface area (Å²) in [5.41, 5.74) is 0.456. The van der Waals surface area contributed by atoms with Crippen molar-refractivity contribution in [2.45, 2.75) is 13.8 Å². The molecule has 64 valence electrons. The lowest BCUT2D eigenvalue weighted by Crippen LogP contribution is -1.97. The molecule has 0 fully saturated rings. The van der Waals surface area contributed by atoms with Gasteiger partial charge in [0.05, 0.1) is 16.7 Å². The fourth-order valence-electron chi connectivity index (χ4n) is 0.978. The van der Waals surface area contributed by atoms with Gasteiger partial charge in [-0.25, -0.2) is 0 Å². The van der Waals surface area contributed by atoms with Crippen LogP contribution >= 0.6 is 0 Å². The monoisotopic (exact) mass is 168 g/mol. The van der Waals surface area contributed by atoms with Gasteiger partial charge in [-0.05, 0) is 13.8 Å². The van der Waals surface area contributed by atoms with Crippen molar-refractivity contribution in [2.75, 3.05) is 0 Å². The van der Waals surface area contributed by atoms with E-state index in [1.165, 1.54) is 20.0 Å². The minimum atomic E-state index is -0.544. The summed E-state index contributed by atoms with van der Waals surface area (Å²) in [6.07, 6.45) is 1.21. The van der Waals surface area contributed by atoms with E-state index in [9.17, 15) is 10.1 Å². The normalized spacial score (nSPS) is 9.83. The van der Waals surface area contributed by atoms with Gasteiger partial charge in [-0.3, -0.25) is 15.1 Å². The molecule has 0 saturated carbocycles. The molecule has 1 N–H and O–H groups in total. The van der Waals surface area contributed by atoms with Crippen LogP contribution in [0.15, 0.2) is 6.20 Å². The number of hydrogen-bond acceptors (Lipinski definition) is 4. The molecule has 0 bridgehead atoms. The summed E-state index contributed by atoms with van der Waals surface area (Å²) in [6, 6.07) is 0. The molecular weight excluding hydrogens is 160 g/mol. The van der Waals surface area contributed by atoms with Gasteiger partial charge in [-0.1, -0.05) is 0 Å². The van der Waals surface area contributed by atoms with E-state index in [2.05, 4.69) is 4.98 Å². The van der Waals surface area contributed by atoms with Crippen molar-refractivity contribution in [1.29, 1.82) is 0 Å². The lowest BCUT2D eigenvalue weighted by Gasteiger charge is -2.01. The molecule has 0 saturated heterocycles. The maximum absolute atomic E-state index is 10.4. The van der Waals surface area contributed by atoms with E-state index < -0.39 is 4.92 Å². The zero-order valence-electron chi connectivity index (χ0n) is 6.74. The number of nitro groups is 1. The van der Waals surface area contributed by atoms with E-state index in [1.54, 1.807) is 0 Å².